The maximum atomic E-state index is 9.69. The quantitative estimate of drug-likeness (QED) is 0.170. The number of para-hydroxylation sites is 3. The molecule has 1 heterocycles. The fourth-order valence-corrected chi connectivity index (χ4v) is 3.08. The Morgan fingerprint density at radius 1 is 0.500 bits per heavy atom. The Morgan fingerprint density at radius 2 is 0.895 bits per heavy atom. The second-order valence-electron chi connectivity index (χ2n) is 7.96. The summed E-state index contributed by atoms with van der Waals surface area (Å²) in [6, 6.07) is 44.1. The van der Waals surface area contributed by atoms with Crippen molar-refractivity contribution in [2.24, 2.45) is 0 Å². The predicted octanol–water partition coefficient (Wildman–Crippen LogP) is 8.80. The fraction of sp³-hybridized carbons (Fsp3) is 0. The number of nitrogens with zero attached hydrogens (tertiary/aromatic N) is 1. The van der Waals surface area contributed by atoms with Crippen molar-refractivity contribution >= 4 is 11.1 Å². The Hall–Kier alpha value is -4.31. The maximum absolute atomic E-state index is 9.69. The summed E-state index contributed by atoms with van der Waals surface area (Å²) >= 11 is 0. The number of benzene rings is 5. The Morgan fingerprint density at radius 3 is 1.29 bits per heavy atom. The first-order valence-electron chi connectivity index (χ1n) is 11.8. The zero-order valence-electron chi connectivity index (χ0n) is 21.2. The number of hydrogen-bond acceptors (Lipinski definition) is 3. The molecule has 0 saturated carbocycles. The second kappa shape index (κ2) is 16.4. The van der Waals surface area contributed by atoms with Gasteiger partial charge in [-0.15, -0.1) is 36.4 Å². The summed E-state index contributed by atoms with van der Waals surface area (Å²) < 4.78 is 5.56. The van der Waals surface area contributed by atoms with E-state index < -0.39 is 0 Å². The first kappa shape index (κ1) is 29.9. The normalized spacial score (nSPS) is 9.26. The molecule has 0 amide bonds. The van der Waals surface area contributed by atoms with E-state index in [-0.39, 0.29) is 27.5 Å². The second-order valence-corrected chi connectivity index (χ2v) is 7.96. The molecule has 4 heteroatoms. The van der Waals surface area contributed by atoms with Gasteiger partial charge >= 0.3 is 21.7 Å². The zero-order chi connectivity index (χ0) is 26.3. The van der Waals surface area contributed by atoms with Gasteiger partial charge in [-0.1, -0.05) is 42.5 Å². The molecule has 3 nitrogen and oxygen atoms in total. The number of phenolic OH excluding ortho intramolecular Hbond substituents is 1. The van der Waals surface area contributed by atoms with Gasteiger partial charge in [0.2, 0.25) is 5.89 Å². The van der Waals surface area contributed by atoms with E-state index in [2.05, 4.69) is 25.8 Å². The number of phenols is 1. The Bertz CT molecular complexity index is 1330. The number of rotatable bonds is 1. The molecule has 0 aliphatic carbocycles. The van der Waals surface area contributed by atoms with Crippen molar-refractivity contribution < 1.29 is 31.2 Å². The molecule has 0 unspecified atom stereocenters. The van der Waals surface area contributed by atoms with Crippen LogP contribution < -0.4 is 0 Å². The summed E-state index contributed by atoms with van der Waals surface area (Å²) in [6.45, 7) is 11.2. The van der Waals surface area contributed by atoms with Crippen molar-refractivity contribution in [3.63, 3.8) is 0 Å². The molecule has 0 aliphatic heterocycles. The largest absolute Gasteiger partial charge is 3.00 e. The van der Waals surface area contributed by atoms with Crippen molar-refractivity contribution in [3.8, 4) is 17.2 Å². The Kier molecular flexibility index (Phi) is 12.9. The third kappa shape index (κ3) is 10.4. The SMILES string of the molecule is Oc1ccccc1-c1nc2ccccc2o1.[CH2-]c1ccccc1.[CH2-]c1ccccc1.[CH2-]c1ccccc1.[Ti+3]. The van der Waals surface area contributed by atoms with E-state index >= 15 is 0 Å². The van der Waals surface area contributed by atoms with Crippen molar-refractivity contribution in [1.29, 1.82) is 0 Å². The van der Waals surface area contributed by atoms with E-state index in [0.717, 1.165) is 27.8 Å². The van der Waals surface area contributed by atoms with Crippen molar-refractivity contribution in [2.75, 3.05) is 0 Å². The molecule has 187 valence electrons. The van der Waals surface area contributed by atoms with Crippen LogP contribution in [0.3, 0.4) is 0 Å². The van der Waals surface area contributed by atoms with Gasteiger partial charge in [-0.3, -0.25) is 0 Å². The minimum Gasteiger partial charge on any atom is -0.507 e. The third-order valence-electron chi connectivity index (χ3n) is 4.96. The smallest absolute Gasteiger partial charge is 0.507 e. The molecule has 0 bridgehead atoms. The van der Waals surface area contributed by atoms with Gasteiger partial charge in [0, 0.05) is 0 Å². The van der Waals surface area contributed by atoms with E-state index in [9.17, 15) is 5.11 Å². The molecule has 0 atom stereocenters. The van der Waals surface area contributed by atoms with Crippen LogP contribution in [0.2, 0.25) is 0 Å². The van der Waals surface area contributed by atoms with Gasteiger partial charge in [-0.25, -0.2) is 4.98 Å². The molecular weight excluding hydrogens is 502 g/mol. The number of aromatic hydroxyl groups is 1. The van der Waals surface area contributed by atoms with Crippen molar-refractivity contribution in [3.05, 3.63) is 177 Å². The van der Waals surface area contributed by atoms with Gasteiger partial charge < -0.3 is 9.52 Å². The Balaban J connectivity index is 0.000000194. The average molecular weight is 532 g/mol. The van der Waals surface area contributed by atoms with Crippen molar-refractivity contribution in [2.45, 2.75) is 0 Å². The van der Waals surface area contributed by atoms with E-state index in [1.165, 1.54) is 0 Å². The topological polar surface area (TPSA) is 46.3 Å². The van der Waals surface area contributed by atoms with Crippen LogP contribution in [0.1, 0.15) is 16.7 Å². The number of hydrogen-bond donors (Lipinski definition) is 1. The molecule has 6 rings (SSSR count). The van der Waals surface area contributed by atoms with Crippen LogP contribution in [0.15, 0.2) is 144 Å². The first-order chi connectivity index (χ1) is 18.0. The third-order valence-corrected chi connectivity index (χ3v) is 4.96. The number of aromatic nitrogens is 1. The van der Waals surface area contributed by atoms with Crippen LogP contribution in [0, 0.1) is 20.8 Å². The van der Waals surface area contributed by atoms with E-state index in [0.29, 0.717) is 11.5 Å². The first-order valence-corrected chi connectivity index (χ1v) is 11.8. The maximum Gasteiger partial charge on any atom is 3.00 e. The van der Waals surface area contributed by atoms with Crippen LogP contribution in [-0.2, 0) is 21.7 Å². The standard InChI is InChI=1S/C13H9NO2.3C7H7.Ti/c15-11-7-3-1-5-9(11)13-14-10-6-2-4-8-12(10)16-13;3*1-7-5-3-2-4-6-7;/h1-8,15H;3*2-6H,1H2;/q;3*-1;+3. The summed E-state index contributed by atoms with van der Waals surface area (Å²) in [5.41, 5.74) is 5.34. The molecule has 1 N–H and O–H groups in total. The van der Waals surface area contributed by atoms with Gasteiger partial charge in [0.05, 0.1) is 5.56 Å². The summed E-state index contributed by atoms with van der Waals surface area (Å²) in [5, 5.41) is 9.69. The molecule has 0 aliphatic rings. The summed E-state index contributed by atoms with van der Waals surface area (Å²) in [6.07, 6.45) is 0. The van der Waals surface area contributed by atoms with Gasteiger partial charge in [0.25, 0.3) is 0 Å². The van der Waals surface area contributed by atoms with E-state index in [4.69, 9.17) is 4.42 Å². The number of oxazole rings is 1. The van der Waals surface area contributed by atoms with Crippen molar-refractivity contribution in [1.82, 2.24) is 4.98 Å². The van der Waals surface area contributed by atoms with E-state index in [1.807, 2.05) is 121 Å². The molecular formula is C34H30NO2Ti. The van der Waals surface area contributed by atoms with Crippen LogP contribution in [0.25, 0.3) is 22.6 Å². The minimum absolute atomic E-state index is 0. The monoisotopic (exact) mass is 532 g/mol. The molecule has 1 aromatic heterocycles. The molecule has 0 spiro atoms. The molecule has 0 saturated heterocycles. The van der Waals surface area contributed by atoms with Gasteiger partial charge in [0.15, 0.2) is 5.58 Å². The predicted molar refractivity (Wildman–Crippen MR) is 154 cm³/mol. The molecule has 6 aromatic rings. The molecule has 5 aromatic carbocycles. The van der Waals surface area contributed by atoms with Gasteiger partial charge in [-0.2, -0.15) is 73.9 Å². The molecule has 38 heavy (non-hydrogen) atoms. The molecule has 0 fully saturated rings. The zero-order valence-corrected chi connectivity index (χ0v) is 22.8. The van der Waals surface area contributed by atoms with Crippen LogP contribution in [-0.4, -0.2) is 10.1 Å². The van der Waals surface area contributed by atoms with Gasteiger partial charge in [-0.05, 0) is 24.3 Å². The fourth-order valence-electron chi connectivity index (χ4n) is 3.08. The Labute approximate surface area is 240 Å². The molecule has 1 radical (unpaired) electrons. The minimum atomic E-state index is 0. The summed E-state index contributed by atoms with van der Waals surface area (Å²) in [4.78, 5) is 4.32. The number of fused-ring (bicyclic) bond motifs is 1. The van der Waals surface area contributed by atoms with Gasteiger partial charge in [0.1, 0.15) is 11.3 Å². The average Bonchev–Trinajstić information content (AvgIpc) is 3.36. The van der Waals surface area contributed by atoms with E-state index in [1.54, 1.807) is 18.2 Å². The van der Waals surface area contributed by atoms with Crippen LogP contribution in [0.5, 0.6) is 5.75 Å². The van der Waals surface area contributed by atoms with Crippen LogP contribution >= 0.6 is 0 Å². The summed E-state index contributed by atoms with van der Waals surface area (Å²) in [7, 11) is 0. The summed E-state index contributed by atoms with van der Waals surface area (Å²) in [5.74, 6) is 0.619. The van der Waals surface area contributed by atoms with Crippen LogP contribution in [0.4, 0.5) is 0 Å².